The molecule has 1 aromatic carbocycles. The number of hydrogen-bond acceptors (Lipinski definition) is 7. The number of primary amides is 1. The molecule has 0 saturated carbocycles. The molecule has 14 nitrogen and oxygen atoms in total. The maximum absolute atomic E-state index is 13.3. The van der Waals surface area contributed by atoms with Gasteiger partial charge in [-0.05, 0) is 37.7 Å². The first-order valence-corrected chi connectivity index (χ1v) is 12.8. The van der Waals surface area contributed by atoms with Gasteiger partial charge in [-0.2, -0.15) is 0 Å². The lowest BCUT2D eigenvalue weighted by Gasteiger charge is -2.28. The van der Waals surface area contributed by atoms with Crippen molar-refractivity contribution >= 4 is 35.6 Å². The molecule has 14 heteroatoms. The van der Waals surface area contributed by atoms with Gasteiger partial charge in [-0.25, -0.2) is 4.79 Å². The Morgan fingerprint density at radius 2 is 1.72 bits per heavy atom. The fourth-order valence-corrected chi connectivity index (χ4v) is 4.30. The lowest BCUT2D eigenvalue weighted by molar-refractivity contribution is -0.143. The summed E-state index contributed by atoms with van der Waals surface area (Å²) in [6.45, 7) is 0.655. The Hall–Kier alpha value is -4.20. The summed E-state index contributed by atoms with van der Waals surface area (Å²) in [7, 11) is 0. The normalized spacial score (nSPS) is 16.9. The Kier molecular flexibility index (Phi) is 12.1. The molecule has 0 bridgehead atoms. The molecule has 4 atom stereocenters. The molecule has 39 heavy (non-hydrogen) atoms. The first-order valence-electron chi connectivity index (χ1n) is 12.8. The van der Waals surface area contributed by atoms with E-state index in [0.29, 0.717) is 38.8 Å². The van der Waals surface area contributed by atoms with Gasteiger partial charge in [0.15, 0.2) is 5.96 Å². The van der Waals surface area contributed by atoms with Crippen molar-refractivity contribution in [3.8, 4) is 0 Å². The van der Waals surface area contributed by atoms with Gasteiger partial charge in [0.1, 0.15) is 18.1 Å². The molecule has 1 heterocycles. The van der Waals surface area contributed by atoms with Gasteiger partial charge in [-0.1, -0.05) is 30.3 Å². The summed E-state index contributed by atoms with van der Waals surface area (Å²) in [6, 6.07) is 4.67. The predicted octanol–water partition coefficient (Wildman–Crippen LogP) is -2.08. The molecule has 1 fully saturated rings. The average Bonchev–Trinajstić information content (AvgIpc) is 3.38. The van der Waals surface area contributed by atoms with Crippen molar-refractivity contribution in [3.05, 3.63) is 35.9 Å². The molecule has 4 amide bonds. The number of benzene rings is 1. The summed E-state index contributed by atoms with van der Waals surface area (Å²) >= 11 is 0. The van der Waals surface area contributed by atoms with Gasteiger partial charge in [-0.3, -0.25) is 24.2 Å². The summed E-state index contributed by atoms with van der Waals surface area (Å²) in [5.41, 5.74) is 22.5. The first-order chi connectivity index (χ1) is 18.5. The van der Waals surface area contributed by atoms with E-state index in [0.717, 1.165) is 5.56 Å². The van der Waals surface area contributed by atoms with Crippen LogP contribution in [0.4, 0.5) is 0 Å². The van der Waals surface area contributed by atoms with E-state index in [1.165, 1.54) is 4.90 Å². The molecule has 4 unspecified atom stereocenters. The lowest BCUT2D eigenvalue weighted by Crippen LogP contribution is -2.57. The second-order valence-electron chi connectivity index (χ2n) is 9.40. The molecule has 0 aromatic heterocycles. The van der Waals surface area contributed by atoms with Gasteiger partial charge in [0.05, 0.1) is 6.04 Å². The van der Waals surface area contributed by atoms with Crippen molar-refractivity contribution in [3.63, 3.8) is 0 Å². The number of nitrogens with two attached hydrogens (primary N) is 4. The van der Waals surface area contributed by atoms with E-state index in [1.807, 2.05) is 0 Å². The van der Waals surface area contributed by atoms with Crippen molar-refractivity contribution in [2.24, 2.45) is 27.9 Å². The number of hydrogen-bond donors (Lipinski definition) is 7. The van der Waals surface area contributed by atoms with Gasteiger partial charge in [0.2, 0.25) is 23.6 Å². The standard InChI is InChI=1S/C25H38N8O6/c26-16(8-4-12-30-25(28)29)23(37)33-13-5-9-19(33)22(36)32-18(14-15-6-2-1-3-7-15)21(35)31-17(24(38)39)10-11-20(27)34/h1-3,6-7,16-19H,4-5,8-14,26H2,(H2,27,34)(H,31,35)(H,32,36)(H,38,39)(H4,28,29,30). The van der Waals surface area contributed by atoms with E-state index >= 15 is 0 Å². The molecule has 2 rings (SSSR count). The van der Waals surface area contributed by atoms with Crippen LogP contribution in [0.1, 0.15) is 44.1 Å². The number of carbonyl (C=O) groups excluding carboxylic acids is 4. The number of carbonyl (C=O) groups is 5. The zero-order chi connectivity index (χ0) is 28.9. The van der Waals surface area contributed by atoms with Crippen molar-refractivity contribution < 1.29 is 29.1 Å². The van der Waals surface area contributed by atoms with Crippen LogP contribution in [0.2, 0.25) is 0 Å². The van der Waals surface area contributed by atoms with Crippen LogP contribution in [0.15, 0.2) is 35.3 Å². The summed E-state index contributed by atoms with van der Waals surface area (Å²) < 4.78 is 0. The Labute approximate surface area is 226 Å². The van der Waals surface area contributed by atoms with Crippen LogP contribution in [0, 0.1) is 0 Å². The molecule has 1 aromatic rings. The van der Waals surface area contributed by atoms with Crippen molar-refractivity contribution in [1.29, 1.82) is 0 Å². The van der Waals surface area contributed by atoms with E-state index in [2.05, 4.69) is 15.6 Å². The van der Waals surface area contributed by atoms with Crippen molar-refractivity contribution in [1.82, 2.24) is 15.5 Å². The SMILES string of the molecule is NC(=O)CCC(NC(=O)C(Cc1ccccc1)NC(=O)C1CCCN1C(=O)C(N)CCCN=C(N)N)C(=O)O. The van der Waals surface area contributed by atoms with Gasteiger partial charge < -0.3 is 43.6 Å². The van der Waals surface area contributed by atoms with Crippen LogP contribution >= 0.6 is 0 Å². The molecule has 11 N–H and O–H groups in total. The van der Waals surface area contributed by atoms with Crippen LogP contribution < -0.4 is 33.6 Å². The van der Waals surface area contributed by atoms with Crippen LogP contribution in [0.3, 0.4) is 0 Å². The number of amides is 4. The highest BCUT2D eigenvalue weighted by atomic mass is 16.4. The molecule has 0 radical (unpaired) electrons. The van der Waals surface area contributed by atoms with Crippen LogP contribution in [0.5, 0.6) is 0 Å². The minimum Gasteiger partial charge on any atom is -0.480 e. The van der Waals surface area contributed by atoms with E-state index in [-0.39, 0.29) is 31.1 Å². The van der Waals surface area contributed by atoms with Crippen molar-refractivity contribution in [2.75, 3.05) is 13.1 Å². The molecular formula is C25H38N8O6. The Morgan fingerprint density at radius 1 is 1.03 bits per heavy atom. The van der Waals surface area contributed by atoms with Crippen molar-refractivity contribution in [2.45, 2.75) is 69.1 Å². The van der Waals surface area contributed by atoms with E-state index in [9.17, 15) is 29.1 Å². The highest BCUT2D eigenvalue weighted by Crippen LogP contribution is 2.20. The topological polar surface area (TPSA) is 249 Å². The third-order valence-electron chi connectivity index (χ3n) is 6.33. The van der Waals surface area contributed by atoms with E-state index < -0.39 is 47.9 Å². The molecule has 0 spiro atoms. The Balaban J connectivity index is 2.12. The number of nitrogens with one attached hydrogen (secondary N) is 2. The van der Waals surface area contributed by atoms with Gasteiger partial charge >= 0.3 is 5.97 Å². The Morgan fingerprint density at radius 3 is 2.33 bits per heavy atom. The predicted molar refractivity (Wildman–Crippen MR) is 143 cm³/mol. The van der Waals surface area contributed by atoms with Crippen LogP contribution in [0.25, 0.3) is 0 Å². The molecule has 1 saturated heterocycles. The highest BCUT2D eigenvalue weighted by Gasteiger charge is 2.38. The number of carboxylic acids is 1. The number of likely N-dealkylation sites (tertiary alicyclic amines) is 1. The van der Waals surface area contributed by atoms with Gasteiger partial charge in [0, 0.05) is 25.9 Å². The van der Waals surface area contributed by atoms with Gasteiger partial charge in [-0.15, -0.1) is 0 Å². The molecule has 214 valence electrons. The molecular weight excluding hydrogens is 508 g/mol. The quantitative estimate of drug-likeness (QED) is 0.0723. The maximum atomic E-state index is 13.3. The molecule has 1 aliphatic rings. The fraction of sp³-hybridized carbons (Fsp3) is 0.520. The number of nitrogens with zero attached hydrogens (tertiary/aromatic N) is 2. The zero-order valence-corrected chi connectivity index (χ0v) is 21.8. The number of aliphatic carboxylic acids is 1. The summed E-state index contributed by atoms with van der Waals surface area (Å²) in [4.78, 5) is 67.5. The summed E-state index contributed by atoms with van der Waals surface area (Å²) in [5.74, 6) is -3.77. The second-order valence-corrected chi connectivity index (χ2v) is 9.40. The van der Waals surface area contributed by atoms with E-state index in [4.69, 9.17) is 22.9 Å². The first kappa shape index (κ1) is 31.0. The number of carboxylic acid groups (broad SMARTS) is 1. The smallest absolute Gasteiger partial charge is 0.326 e. The zero-order valence-electron chi connectivity index (χ0n) is 21.8. The summed E-state index contributed by atoms with van der Waals surface area (Å²) in [6.07, 6.45) is 1.40. The van der Waals surface area contributed by atoms with Crippen LogP contribution in [-0.2, 0) is 30.4 Å². The van der Waals surface area contributed by atoms with Crippen LogP contribution in [-0.4, -0.2) is 82.8 Å². The minimum absolute atomic E-state index is 0.0529. The molecule has 0 aliphatic carbocycles. The third kappa shape index (κ3) is 10.2. The Bertz CT molecular complexity index is 1050. The maximum Gasteiger partial charge on any atom is 0.326 e. The highest BCUT2D eigenvalue weighted by molar-refractivity contribution is 5.94. The number of rotatable bonds is 15. The number of aliphatic imine (C=N–C) groups is 1. The largest absolute Gasteiger partial charge is 0.480 e. The fourth-order valence-electron chi connectivity index (χ4n) is 4.30. The monoisotopic (exact) mass is 546 g/mol. The third-order valence-corrected chi connectivity index (χ3v) is 6.33. The summed E-state index contributed by atoms with van der Waals surface area (Å²) in [5, 5.41) is 14.6. The average molecular weight is 547 g/mol. The molecule has 1 aliphatic heterocycles. The van der Waals surface area contributed by atoms with E-state index in [1.54, 1.807) is 30.3 Å². The van der Waals surface area contributed by atoms with Gasteiger partial charge in [0.25, 0.3) is 0 Å². The number of guanidine groups is 1. The lowest BCUT2D eigenvalue weighted by atomic mass is 10.0. The second kappa shape index (κ2) is 15.3. The minimum atomic E-state index is -1.37.